The third-order valence-electron chi connectivity index (χ3n) is 3.10. The highest BCUT2D eigenvalue weighted by Gasteiger charge is 2.11. The Morgan fingerprint density at radius 3 is 2.90 bits per heavy atom. The Morgan fingerprint density at radius 2 is 2.10 bits per heavy atom. The Bertz CT molecular complexity index is 784. The van der Waals surface area contributed by atoms with Crippen molar-refractivity contribution < 1.29 is 4.74 Å². The van der Waals surface area contributed by atoms with Crippen LogP contribution in [0.15, 0.2) is 30.3 Å². The number of rotatable bonds is 4. The lowest BCUT2D eigenvalue weighted by Gasteiger charge is -2.11. The molecule has 3 rings (SSSR count). The van der Waals surface area contributed by atoms with Crippen LogP contribution in [0.1, 0.15) is 10.4 Å². The van der Waals surface area contributed by atoms with Crippen molar-refractivity contribution in [2.24, 2.45) is 0 Å². The maximum absolute atomic E-state index is 5.80. The summed E-state index contributed by atoms with van der Waals surface area (Å²) in [6.07, 6.45) is 0. The minimum absolute atomic E-state index is 0.274. The van der Waals surface area contributed by atoms with Crippen LogP contribution in [-0.2, 0) is 11.3 Å². The zero-order chi connectivity index (χ0) is 14.8. The average molecular weight is 300 g/mol. The van der Waals surface area contributed by atoms with E-state index in [0.29, 0.717) is 6.61 Å². The van der Waals surface area contributed by atoms with Crippen molar-refractivity contribution in [3.8, 4) is 0 Å². The number of nitrogens with zero attached hydrogens (tertiary/aromatic N) is 2. The van der Waals surface area contributed by atoms with Gasteiger partial charge in [0.1, 0.15) is 10.6 Å². The summed E-state index contributed by atoms with van der Waals surface area (Å²) in [4.78, 5) is 10.7. The number of methoxy groups -OCH3 is 1. The summed E-state index contributed by atoms with van der Waals surface area (Å²) in [5.41, 5.74) is 7.83. The summed E-state index contributed by atoms with van der Waals surface area (Å²) in [5.74, 6) is 1.00. The number of hydrogen-bond acceptors (Lipinski definition) is 6. The Kier molecular flexibility index (Phi) is 3.72. The van der Waals surface area contributed by atoms with Gasteiger partial charge < -0.3 is 15.8 Å². The predicted octanol–water partition coefficient (Wildman–Crippen LogP) is 3.47. The predicted molar refractivity (Wildman–Crippen MR) is 87.0 cm³/mol. The van der Waals surface area contributed by atoms with E-state index in [2.05, 4.69) is 21.4 Å². The van der Waals surface area contributed by atoms with Crippen LogP contribution in [0.25, 0.3) is 10.2 Å². The lowest BCUT2D eigenvalue weighted by molar-refractivity contribution is 0.185. The number of para-hydroxylation sites is 1. The molecule has 0 aliphatic heterocycles. The number of thiophene rings is 1. The molecule has 0 unspecified atom stereocenters. The third-order valence-corrected chi connectivity index (χ3v) is 4.05. The zero-order valence-corrected chi connectivity index (χ0v) is 12.7. The first kappa shape index (κ1) is 13.8. The van der Waals surface area contributed by atoms with E-state index < -0.39 is 0 Å². The van der Waals surface area contributed by atoms with E-state index in [4.69, 9.17) is 10.5 Å². The van der Waals surface area contributed by atoms with Gasteiger partial charge in [-0.2, -0.15) is 4.98 Å². The molecule has 0 atom stereocenters. The van der Waals surface area contributed by atoms with Gasteiger partial charge in [-0.3, -0.25) is 0 Å². The van der Waals surface area contributed by atoms with Crippen molar-refractivity contribution in [2.75, 3.05) is 18.2 Å². The van der Waals surface area contributed by atoms with Crippen molar-refractivity contribution in [3.63, 3.8) is 0 Å². The van der Waals surface area contributed by atoms with Gasteiger partial charge in [0.25, 0.3) is 0 Å². The van der Waals surface area contributed by atoms with Crippen molar-refractivity contribution in [3.05, 3.63) is 40.8 Å². The molecule has 0 amide bonds. The molecule has 3 N–H and O–H groups in total. The molecule has 2 heterocycles. The number of fused-ring (bicyclic) bond motifs is 1. The second-order valence-electron chi connectivity index (χ2n) is 4.72. The molecule has 0 radical (unpaired) electrons. The molecule has 0 aliphatic carbocycles. The Balaban J connectivity index is 2.05. The quantitative estimate of drug-likeness (QED) is 0.772. The molecule has 0 fully saturated rings. The number of nitrogens with one attached hydrogen (secondary N) is 1. The number of hydrogen-bond donors (Lipinski definition) is 2. The molecule has 0 saturated carbocycles. The molecule has 2 aromatic heterocycles. The van der Waals surface area contributed by atoms with Gasteiger partial charge in [0.15, 0.2) is 0 Å². The average Bonchev–Trinajstić information content (AvgIpc) is 2.81. The van der Waals surface area contributed by atoms with E-state index in [1.54, 1.807) is 18.4 Å². The van der Waals surface area contributed by atoms with Gasteiger partial charge in [0.2, 0.25) is 5.95 Å². The van der Waals surface area contributed by atoms with E-state index in [9.17, 15) is 0 Å². The van der Waals surface area contributed by atoms with Crippen LogP contribution in [-0.4, -0.2) is 17.1 Å². The van der Waals surface area contributed by atoms with Crippen LogP contribution in [0.5, 0.6) is 0 Å². The fourth-order valence-corrected chi connectivity index (χ4v) is 3.09. The molecule has 0 spiro atoms. The van der Waals surface area contributed by atoms with Crippen LogP contribution in [0.3, 0.4) is 0 Å². The third kappa shape index (κ3) is 2.81. The normalized spacial score (nSPS) is 11.0. The number of aromatic nitrogens is 2. The van der Waals surface area contributed by atoms with Gasteiger partial charge in [0, 0.05) is 23.2 Å². The summed E-state index contributed by atoms with van der Waals surface area (Å²) in [7, 11) is 1.68. The van der Waals surface area contributed by atoms with Crippen LogP contribution in [0.4, 0.5) is 17.5 Å². The smallest absolute Gasteiger partial charge is 0.223 e. The Labute approximate surface area is 126 Å². The first-order chi connectivity index (χ1) is 10.2. The monoisotopic (exact) mass is 300 g/mol. The fourth-order valence-electron chi connectivity index (χ4n) is 2.20. The lowest BCUT2D eigenvalue weighted by atomic mass is 10.2. The van der Waals surface area contributed by atoms with Crippen molar-refractivity contribution in [1.82, 2.24) is 9.97 Å². The van der Waals surface area contributed by atoms with E-state index in [-0.39, 0.29) is 5.95 Å². The molecule has 21 heavy (non-hydrogen) atoms. The van der Waals surface area contributed by atoms with Gasteiger partial charge >= 0.3 is 0 Å². The molecule has 0 saturated heterocycles. The molecule has 5 nitrogen and oxygen atoms in total. The zero-order valence-electron chi connectivity index (χ0n) is 11.9. The maximum Gasteiger partial charge on any atom is 0.223 e. The summed E-state index contributed by atoms with van der Waals surface area (Å²) in [5, 5.41) is 4.34. The number of nitrogens with two attached hydrogens (primary N) is 1. The summed E-state index contributed by atoms with van der Waals surface area (Å²) < 4.78 is 5.23. The number of nitrogen functional groups attached to an aromatic ring is 1. The summed E-state index contributed by atoms with van der Waals surface area (Å²) in [6.45, 7) is 2.58. The van der Waals surface area contributed by atoms with Crippen molar-refractivity contribution in [1.29, 1.82) is 0 Å². The second-order valence-corrected chi connectivity index (χ2v) is 5.96. The van der Waals surface area contributed by atoms with E-state index >= 15 is 0 Å². The van der Waals surface area contributed by atoms with Gasteiger partial charge in [0.05, 0.1) is 12.0 Å². The lowest BCUT2D eigenvalue weighted by Crippen LogP contribution is -2.02. The molecule has 0 bridgehead atoms. The fraction of sp³-hybridized carbons (Fsp3) is 0.200. The van der Waals surface area contributed by atoms with Gasteiger partial charge in [-0.25, -0.2) is 4.98 Å². The topological polar surface area (TPSA) is 73.1 Å². The minimum Gasteiger partial charge on any atom is -0.380 e. The summed E-state index contributed by atoms with van der Waals surface area (Å²) >= 11 is 1.61. The van der Waals surface area contributed by atoms with Crippen LogP contribution in [0, 0.1) is 6.92 Å². The van der Waals surface area contributed by atoms with E-state index in [1.807, 2.05) is 31.2 Å². The molecule has 1 aromatic carbocycles. The molecule has 108 valence electrons. The Hall–Kier alpha value is -2.18. The minimum atomic E-state index is 0.274. The largest absolute Gasteiger partial charge is 0.380 e. The maximum atomic E-state index is 5.80. The Morgan fingerprint density at radius 1 is 1.29 bits per heavy atom. The second kappa shape index (κ2) is 5.67. The van der Waals surface area contributed by atoms with Gasteiger partial charge in [-0.1, -0.05) is 18.2 Å². The highest BCUT2D eigenvalue weighted by molar-refractivity contribution is 7.18. The highest BCUT2D eigenvalue weighted by Crippen LogP contribution is 2.31. The molecule has 6 heteroatoms. The molecular formula is C15H16N4OS. The van der Waals surface area contributed by atoms with Crippen molar-refractivity contribution in [2.45, 2.75) is 13.5 Å². The summed E-state index contributed by atoms with van der Waals surface area (Å²) in [6, 6.07) is 10.0. The standard InChI is InChI=1S/C15H16N4OS/c1-9-7-11-13(18-15(16)19-14(11)21-9)17-12-6-4-3-5-10(12)8-20-2/h3-7H,8H2,1-2H3,(H3,16,17,18,19). The number of benzene rings is 1. The number of ether oxygens (including phenoxy) is 1. The number of anilines is 3. The van der Waals surface area contributed by atoms with Crippen LogP contribution in [0.2, 0.25) is 0 Å². The SMILES string of the molecule is COCc1ccccc1Nc1nc(N)nc2sc(C)cc12. The molecule has 3 aromatic rings. The van der Waals surface area contributed by atoms with Crippen molar-refractivity contribution >= 4 is 39.0 Å². The molecule has 0 aliphatic rings. The van der Waals surface area contributed by atoms with Crippen LogP contribution < -0.4 is 11.1 Å². The molecular weight excluding hydrogens is 284 g/mol. The first-order valence-corrected chi connectivity index (χ1v) is 7.36. The number of aryl methyl sites for hydroxylation is 1. The van der Waals surface area contributed by atoms with E-state index in [1.165, 1.54) is 4.88 Å². The van der Waals surface area contributed by atoms with Gasteiger partial charge in [-0.05, 0) is 19.1 Å². The van der Waals surface area contributed by atoms with Crippen LogP contribution >= 0.6 is 11.3 Å². The van der Waals surface area contributed by atoms with E-state index in [0.717, 1.165) is 27.3 Å². The highest BCUT2D eigenvalue weighted by atomic mass is 32.1. The van der Waals surface area contributed by atoms with Gasteiger partial charge in [-0.15, -0.1) is 11.3 Å². The first-order valence-electron chi connectivity index (χ1n) is 6.55.